The first-order valence-corrected chi connectivity index (χ1v) is 10.1. The highest BCUT2D eigenvalue weighted by molar-refractivity contribution is 7.15. The molecule has 1 saturated heterocycles. The highest BCUT2D eigenvalue weighted by Crippen LogP contribution is 2.25. The molecule has 142 valence electrons. The maximum Gasteiger partial charge on any atom is 0.223 e. The number of carbonyl (C=O) groups excluding carboxylic acids is 1. The molecule has 0 spiro atoms. The summed E-state index contributed by atoms with van der Waals surface area (Å²) in [5, 5.41) is 7.88. The first-order valence-electron chi connectivity index (χ1n) is 9.32. The Kier molecular flexibility index (Phi) is 5.18. The fourth-order valence-electron chi connectivity index (χ4n) is 3.83. The summed E-state index contributed by atoms with van der Waals surface area (Å²) in [5.41, 5.74) is 3.20. The molecule has 0 radical (unpaired) electrons. The molecule has 1 fully saturated rings. The lowest BCUT2D eigenvalue weighted by atomic mass is 9.93. The zero-order valence-corrected chi connectivity index (χ0v) is 16.5. The van der Waals surface area contributed by atoms with E-state index in [2.05, 4.69) is 31.3 Å². The van der Waals surface area contributed by atoms with Crippen LogP contribution in [0, 0.1) is 12.8 Å². The molecule has 0 aromatic carbocycles. The Morgan fingerprint density at radius 2 is 2.33 bits per heavy atom. The third-order valence-corrected chi connectivity index (χ3v) is 5.78. The summed E-state index contributed by atoms with van der Waals surface area (Å²) in [5.74, 6) is 0.530. The molecule has 1 amide bonds. The van der Waals surface area contributed by atoms with Crippen molar-refractivity contribution in [2.45, 2.75) is 39.7 Å². The molecule has 7 nitrogen and oxygen atoms in total. The molecule has 27 heavy (non-hydrogen) atoms. The lowest BCUT2D eigenvalue weighted by Crippen LogP contribution is -2.35. The quantitative estimate of drug-likeness (QED) is 0.732. The van der Waals surface area contributed by atoms with Gasteiger partial charge in [0, 0.05) is 48.5 Å². The molecule has 1 N–H and O–H groups in total. The molecule has 3 aromatic rings. The van der Waals surface area contributed by atoms with Gasteiger partial charge in [0.1, 0.15) is 0 Å². The third-order valence-electron chi connectivity index (χ3n) is 4.88. The number of rotatable bonds is 5. The number of aromatic nitrogens is 4. The SMILES string of the molecule is CC(=O)Nc1ncc(CN2CCCC(Cc3cc(C)nc4ccnn34)C2)s1. The van der Waals surface area contributed by atoms with E-state index in [0.717, 1.165) is 37.4 Å². The molecule has 0 saturated carbocycles. The second kappa shape index (κ2) is 7.74. The Bertz CT molecular complexity index is 949. The number of amides is 1. The van der Waals surface area contributed by atoms with Crippen LogP contribution in [-0.4, -0.2) is 43.5 Å². The van der Waals surface area contributed by atoms with Crippen LogP contribution in [0.5, 0.6) is 0 Å². The maximum atomic E-state index is 11.2. The lowest BCUT2D eigenvalue weighted by molar-refractivity contribution is -0.114. The van der Waals surface area contributed by atoms with Gasteiger partial charge >= 0.3 is 0 Å². The normalized spacial score (nSPS) is 18.1. The minimum atomic E-state index is -0.0773. The smallest absolute Gasteiger partial charge is 0.223 e. The van der Waals surface area contributed by atoms with Crippen molar-refractivity contribution in [3.63, 3.8) is 0 Å². The van der Waals surface area contributed by atoms with E-state index in [0.29, 0.717) is 11.0 Å². The average Bonchev–Trinajstić information content (AvgIpc) is 3.24. The number of hydrogen-bond acceptors (Lipinski definition) is 6. The molecule has 0 aliphatic carbocycles. The summed E-state index contributed by atoms with van der Waals surface area (Å²) in [6.07, 6.45) is 7.14. The second-order valence-corrected chi connectivity index (χ2v) is 8.37. The predicted octanol–water partition coefficient (Wildman–Crippen LogP) is 2.91. The van der Waals surface area contributed by atoms with Crippen molar-refractivity contribution >= 4 is 28.0 Å². The number of aryl methyl sites for hydroxylation is 1. The maximum absolute atomic E-state index is 11.2. The van der Waals surface area contributed by atoms with Gasteiger partial charge in [-0.05, 0) is 44.7 Å². The van der Waals surface area contributed by atoms with Crippen LogP contribution in [0.2, 0.25) is 0 Å². The highest BCUT2D eigenvalue weighted by atomic mass is 32.1. The van der Waals surface area contributed by atoms with Gasteiger partial charge < -0.3 is 5.32 Å². The molecule has 1 atom stereocenters. The number of piperidine rings is 1. The van der Waals surface area contributed by atoms with Crippen LogP contribution in [-0.2, 0) is 17.8 Å². The van der Waals surface area contributed by atoms with Gasteiger partial charge in [0.25, 0.3) is 0 Å². The van der Waals surface area contributed by atoms with Gasteiger partial charge in [0.15, 0.2) is 10.8 Å². The highest BCUT2D eigenvalue weighted by Gasteiger charge is 2.22. The van der Waals surface area contributed by atoms with Crippen LogP contribution in [0.25, 0.3) is 5.65 Å². The summed E-state index contributed by atoms with van der Waals surface area (Å²) in [4.78, 5) is 23.7. The Balaban J connectivity index is 1.41. The van der Waals surface area contributed by atoms with Crippen molar-refractivity contribution in [3.05, 3.63) is 40.8 Å². The van der Waals surface area contributed by atoms with Crippen LogP contribution in [0.1, 0.15) is 36.0 Å². The number of nitrogens with zero attached hydrogens (tertiary/aromatic N) is 5. The van der Waals surface area contributed by atoms with E-state index in [1.54, 1.807) is 11.3 Å². The Hall–Kier alpha value is -2.32. The molecule has 1 unspecified atom stereocenters. The van der Waals surface area contributed by atoms with Gasteiger partial charge in [0.05, 0.1) is 6.20 Å². The third kappa shape index (κ3) is 4.33. The Morgan fingerprint density at radius 1 is 1.44 bits per heavy atom. The Morgan fingerprint density at radius 3 is 3.19 bits per heavy atom. The molecule has 1 aliphatic rings. The minimum absolute atomic E-state index is 0.0773. The van der Waals surface area contributed by atoms with Gasteiger partial charge in [-0.2, -0.15) is 5.10 Å². The van der Waals surface area contributed by atoms with Crippen molar-refractivity contribution in [1.29, 1.82) is 0 Å². The number of carbonyl (C=O) groups is 1. The van der Waals surface area contributed by atoms with Gasteiger partial charge in [-0.3, -0.25) is 9.69 Å². The van der Waals surface area contributed by atoms with E-state index in [1.807, 2.05) is 29.9 Å². The lowest BCUT2D eigenvalue weighted by Gasteiger charge is -2.32. The van der Waals surface area contributed by atoms with Crippen LogP contribution in [0.15, 0.2) is 24.5 Å². The molecular formula is C19H24N6OS. The summed E-state index contributed by atoms with van der Waals surface area (Å²) >= 11 is 1.56. The number of hydrogen-bond donors (Lipinski definition) is 1. The van der Waals surface area contributed by atoms with E-state index >= 15 is 0 Å². The monoisotopic (exact) mass is 384 g/mol. The number of likely N-dealkylation sites (tertiary alicyclic amines) is 1. The first kappa shape index (κ1) is 18.1. The van der Waals surface area contributed by atoms with Crippen molar-refractivity contribution in [3.8, 4) is 0 Å². The van der Waals surface area contributed by atoms with Crippen LogP contribution in [0.4, 0.5) is 5.13 Å². The number of fused-ring (bicyclic) bond motifs is 1. The average molecular weight is 385 g/mol. The standard InChI is InChI=1S/C19H24N6OS/c1-13-8-16(25-18(22-13)5-6-21-25)9-15-4-3-7-24(11-15)12-17-10-20-19(27-17)23-14(2)26/h5-6,8,10,15H,3-4,7,9,11-12H2,1-2H3,(H,20,23,26). The largest absolute Gasteiger partial charge is 0.302 e. The molecular weight excluding hydrogens is 360 g/mol. The molecule has 4 heterocycles. The summed E-state index contributed by atoms with van der Waals surface area (Å²) in [6, 6.07) is 4.11. The number of anilines is 1. The van der Waals surface area contributed by atoms with Crippen LogP contribution < -0.4 is 5.32 Å². The van der Waals surface area contributed by atoms with Crippen molar-refractivity contribution in [2.75, 3.05) is 18.4 Å². The van der Waals surface area contributed by atoms with E-state index in [1.165, 1.54) is 30.3 Å². The van der Waals surface area contributed by atoms with E-state index in [-0.39, 0.29) is 5.91 Å². The topological polar surface area (TPSA) is 75.4 Å². The molecule has 8 heteroatoms. The van der Waals surface area contributed by atoms with E-state index < -0.39 is 0 Å². The fraction of sp³-hybridized carbons (Fsp3) is 0.474. The van der Waals surface area contributed by atoms with Gasteiger partial charge in [0.2, 0.25) is 5.91 Å². The molecule has 0 bridgehead atoms. The van der Waals surface area contributed by atoms with Gasteiger partial charge in [-0.25, -0.2) is 14.5 Å². The predicted molar refractivity (Wildman–Crippen MR) is 106 cm³/mol. The van der Waals surface area contributed by atoms with Crippen molar-refractivity contribution < 1.29 is 4.79 Å². The number of nitrogens with one attached hydrogen (secondary N) is 1. The summed E-state index contributed by atoms with van der Waals surface area (Å²) in [7, 11) is 0. The van der Waals surface area contributed by atoms with E-state index in [4.69, 9.17) is 0 Å². The van der Waals surface area contributed by atoms with Crippen molar-refractivity contribution in [1.82, 2.24) is 24.5 Å². The van der Waals surface area contributed by atoms with E-state index in [9.17, 15) is 4.79 Å². The number of thiazole rings is 1. The zero-order valence-electron chi connectivity index (χ0n) is 15.7. The van der Waals surface area contributed by atoms with Crippen LogP contribution in [0.3, 0.4) is 0 Å². The van der Waals surface area contributed by atoms with Gasteiger partial charge in [-0.15, -0.1) is 11.3 Å². The molecule has 4 rings (SSSR count). The van der Waals surface area contributed by atoms with Gasteiger partial charge in [-0.1, -0.05) is 0 Å². The fourth-order valence-corrected chi connectivity index (χ4v) is 4.73. The molecule has 3 aromatic heterocycles. The zero-order chi connectivity index (χ0) is 18.8. The minimum Gasteiger partial charge on any atom is -0.302 e. The van der Waals surface area contributed by atoms with Crippen molar-refractivity contribution in [2.24, 2.45) is 5.92 Å². The summed E-state index contributed by atoms with van der Waals surface area (Å²) < 4.78 is 1.97. The second-order valence-electron chi connectivity index (χ2n) is 7.25. The first-order chi connectivity index (χ1) is 13.1. The van der Waals surface area contributed by atoms with Crippen LogP contribution >= 0.6 is 11.3 Å². The summed E-state index contributed by atoms with van der Waals surface area (Å²) in [6.45, 7) is 6.61. The Labute approximate surface area is 162 Å². The molecule has 1 aliphatic heterocycles.